The highest BCUT2D eigenvalue weighted by molar-refractivity contribution is 5.93. The molecule has 1 unspecified atom stereocenters. The normalized spacial score (nSPS) is 12.6. The molecular weight excluding hydrogens is 254 g/mol. The maximum absolute atomic E-state index is 11.6. The van der Waals surface area contributed by atoms with E-state index < -0.39 is 24.4 Å². The minimum absolute atomic E-state index is 0.0834. The van der Waals surface area contributed by atoms with E-state index in [9.17, 15) is 14.7 Å². The number of esters is 1. The summed E-state index contributed by atoms with van der Waals surface area (Å²) in [6, 6.07) is 4.41. The Labute approximate surface area is 107 Å². The Morgan fingerprint density at radius 3 is 2.89 bits per heavy atom. The van der Waals surface area contributed by atoms with Gasteiger partial charge in [-0.25, -0.2) is 9.59 Å². The molecule has 0 aliphatic rings. The highest BCUT2D eigenvalue weighted by Crippen LogP contribution is 2.16. The van der Waals surface area contributed by atoms with Crippen molar-refractivity contribution in [3.8, 4) is 0 Å². The second-order valence-electron chi connectivity index (χ2n) is 3.99. The topological polar surface area (TPSA) is 102 Å². The van der Waals surface area contributed by atoms with Crippen LogP contribution in [0.1, 0.15) is 10.4 Å². The number of fused-ring (bicyclic) bond motifs is 1. The summed E-state index contributed by atoms with van der Waals surface area (Å²) < 4.78 is 10.7. The van der Waals surface area contributed by atoms with Crippen LogP contribution >= 0.6 is 0 Å². The smallest absolute Gasteiger partial charge is 0.420 e. The number of aliphatic hydroxyl groups excluding tert-OH is 2. The predicted octanol–water partition coefficient (Wildman–Crippen LogP) is -0.266. The lowest BCUT2D eigenvalue weighted by Crippen LogP contribution is -2.25. The lowest BCUT2D eigenvalue weighted by molar-refractivity contribution is 0.0600. The van der Waals surface area contributed by atoms with Gasteiger partial charge in [-0.05, 0) is 18.2 Å². The fraction of sp³-hybridized carbons (Fsp3) is 0.333. The van der Waals surface area contributed by atoms with Gasteiger partial charge in [-0.2, -0.15) is 0 Å². The molecule has 7 heteroatoms. The zero-order chi connectivity index (χ0) is 14.0. The van der Waals surface area contributed by atoms with Gasteiger partial charge in [0, 0.05) is 0 Å². The number of aliphatic hydroxyl groups is 2. The quantitative estimate of drug-likeness (QED) is 0.740. The molecule has 2 rings (SSSR count). The van der Waals surface area contributed by atoms with Crippen molar-refractivity contribution in [2.45, 2.75) is 12.6 Å². The summed E-state index contributed by atoms with van der Waals surface area (Å²) in [6.07, 6.45) is -1.06. The van der Waals surface area contributed by atoms with Crippen LogP contribution < -0.4 is 5.76 Å². The van der Waals surface area contributed by atoms with E-state index in [1.807, 2.05) is 0 Å². The molecule has 0 amide bonds. The van der Waals surface area contributed by atoms with E-state index in [0.29, 0.717) is 5.52 Å². The lowest BCUT2D eigenvalue weighted by atomic mass is 10.2. The van der Waals surface area contributed by atoms with Gasteiger partial charge in [0.2, 0.25) is 0 Å². The van der Waals surface area contributed by atoms with Crippen LogP contribution in [0.15, 0.2) is 27.4 Å². The zero-order valence-corrected chi connectivity index (χ0v) is 10.2. The number of carbonyl (C=O) groups excluding carboxylic acids is 1. The van der Waals surface area contributed by atoms with Crippen molar-refractivity contribution in [3.63, 3.8) is 0 Å². The van der Waals surface area contributed by atoms with E-state index in [1.54, 1.807) is 0 Å². The average molecular weight is 267 g/mol. The number of oxazole rings is 1. The number of rotatable bonds is 4. The van der Waals surface area contributed by atoms with E-state index in [0.717, 1.165) is 0 Å². The molecular formula is C12H13NO6. The maximum Gasteiger partial charge on any atom is 0.420 e. The van der Waals surface area contributed by atoms with Crippen LogP contribution in [0.2, 0.25) is 0 Å². The number of hydrogen-bond donors (Lipinski definition) is 2. The number of carbonyl (C=O) groups is 1. The molecule has 7 nitrogen and oxygen atoms in total. The molecule has 2 N–H and O–H groups in total. The molecule has 19 heavy (non-hydrogen) atoms. The molecule has 2 aromatic rings. The molecule has 0 aliphatic heterocycles. The fourth-order valence-corrected chi connectivity index (χ4v) is 1.75. The molecule has 0 bridgehead atoms. The lowest BCUT2D eigenvalue weighted by Gasteiger charge is -2.07. The Morgan fingerprint density at radius 1 is 1.53 bits per heavy atom. The Bertz CT molecular complexity index is 656. The largest absolute Gasteiger partial charge is 0.465 e. The van der Waals surface area contributed by atoms with Crippen molar-refractivity contribution in [2.24, 2.45) is 0 Å². The Balaban J connectivity index is 2.48. The van der Waals surface area contributed by atoms with Gasteiger partial charge in [0.25, 0.3) is 0 Å². The summed E-state index contributed by atoms with van der Waals surface area (Å²) in [5.41, 5.74) is 0.918. The van der Waals surface area contributed by atoms with Gasteiger partial charge in [0.05, 0.1) is 37.4 Å². The number of methoxy groups -OCH3 is 1. The van der Waals surface area contributed by atoms with Crippen LogP contribution in [0.3, 0.4) is 0 Å². The molecule has 0 saturated heterocycles. The first-order valence-electron chi connectivity index (χ1n) is 5.57. The van der Waals surface area contributed by atoms with Gasteiger partial charge < -0.3 is 19.4 Å². The van der Waals surface area contributed by atoms with Gasteiger partial charge in [-0.15, -0.1) is 0 Å². The average Bonchev–Trinajstić information content (AvgIpc) is 2.73. The van der Waals surface area contributed by atoms with E-state index in [1.165, 1.54) is 29.9 Å². The third-order valence-electron chi connectivity index (χ3n) is 2.69. The number of hydrogen-bond acceptors (Lipinski definition) is 6. The first-order valence-corrected chi connectivity index (χ1v) is 5.57. The standard InChI is InChI=1S/C12H13NO6/c1-18-11(16)7-2-3-9-10(4-7)19-12(17)13(9)5-8(15)6-14/h2-4,8,14-15H,5-6H2,1H3. The molecule has 0 saturated carbocycles. The third kappa shape index (κ3) is 2.51. The summed E-state index contributed by atoms with van der Waals surface area (Å²) in [5.74, 6) is -1.20. The number of benzene rings is 1. The maximum atomic E-state index is 11.6. The summed E-state index contributed by atoms with van der Waals surface area (Å²) in [4.78, 5) is 23.0. The number of nitrogens with zero attached hydrogens (tertiary/aromatic N) is 1. The van der Waals surface area contributed by atoms with Crippen LogP contribution in [0.5, 0.6) is 0 Å². The van der Waals surface area contributed by atoms with E-state index >= 15 is 0 Å². The fourth-order valence-electron chi connectivity index (χ4n) is 1.75. The van der Waals surface area contributed by atoms with Gasteiger partial charge in [-0.1, -0.05) is 0 Å². The van der Waals surface area contributed by atoms with E-state index in [-0.39, 0.29) is 17.7 Å². The SMILES string of the molecule is COC(=O)c1ccc2c(c1)oc(=O)n2CC(O)CO. The van der Waals surface area contributed by atoms with Gasteiger partial charge in [-0.3, -0.25) is 4.57 Å². The summed E-state index contributed by atoms with van der Waals surface area (Å²) in [6.45, 7) is -0.542. The first kappa shape index (κ1) is 13.3. The molecule has 0 radical (unpaired) electrons. The summed E-state index contributed by atoms with van der Waals surface area (Å²) in [5, 5.41) is 18.2. The third-order valence-corrected chi connectivity index (χ3v) is 2.69. The summed E-state index contributed by atoms with van der Waals surface area (Å²) in [7, 11) is 1.26. The van der Waals surface area contributed by atoms with Crippen molar-refractivity contribution in [2.75, 3.05) is 13.7 Å². The van der Waals surface area contributed by atoms with Crippen LogP contribution in [0.25, 0.3) is 11.1 Å². The first-order chi connectivity index (χ1) is 9.06. The van der Waals surface area contributed by atoms with Crippen LogP contribution in [0.4, 0.5) is 0 Å². The molecule has 0 aliphatic carbocycles. The van der Waals surface area contributed by atoms with E-state index in [4.69, 9.17) is 9.52 Å². The molecule has 1 heterocycles. The van der Waals surface area contributed by atoms with Crippen molar-refractivity contribution >= 4 is 17.1 Å². The predicted molar refractivity (Wildman–Crippen MR) is 64.9 cm³/mol. The van der Waals surface area contributed by atoms with Crippen molar-refractivity contribution in [3.05, 3.63) is 34.3 Å². The monoisotopic (exact) mass is 267 g/mol. The van der Waals surface area contributed by atoms with Crippen molar-refractivity contribution < 1.29 is 24.2 Å². The molecule has 1 atom stereocenters. The Hall–Kier alpha value is -2.12. The molecule has 0 fully saturated rings. The van der Waals surface area contributed by atoms with Crippen LogP contribution in [-0.4, -0.2) is 40.6 Å². The van der Waals surface area contributed by atoms with Gasteiger partial charge in [0.1, 0.15) is 0 Å². The number of ether oxygens (including phenoxy) is 1. The highest BCUT2D eigenvalue weighted by Gasteiger charge is 2.15. The second-order valence-corrected chi connectivity index (χ2v) is 3.99. The second kappa shape index (κ2) is 5.25. The van der Waals surface area contributed by atoms with Crippen LogP contribution in [0, 0.1) is 0 Å². The number of aromatic nitrogens is 1. The Kier molecular flexibility index (Phi) is 3.68. The molecule has 0 spiro atoms. The molecule has 1 aromatic heterocycles. The molecule has 102 valence electrons. The van der Waals surface area contributed by atoms with Gasteiger partial charge >= 0.3 is 11.7 Å². The minimum Gasteiger partial charge on any atom is -0.465 e. The minimum atomic E-state index is -1.06. The zero-order valence-electron chi connectivity index (χ0n) is 10.2. The summed E-state index contributed by atoms with van der Waals surface area (Å²) >= 11 is 0. The van der Waals surface area contributed by atoms with E-state index in [2.05, 4.69) is 4.74 Å². The Morgan fingerprint density at radius 2 is 2.26 bits per heavy atom. The van der Waals surface area contributed by atoms with Crippen molar-refractivity contribution in [1.82, 2.24) is 4.57 Å². The van der Waals surface area contributed by atoms with Crippen LogP contribution in [-0.2, 0) is 11.3 Å². The van der Waals surface area contributed by atoms with Crippen molar-refractivity contribution in [1.29, 1.82) is 0 Å². The van der Waals surface area contributed by atoms with Gasteiger partial charge in [0.15, 0.2) is 5.58 Å². The molecule has 1 aromatic carbocycles. The highest BCUT2D eigenvalue weighted by atomic mass is 16.5.